The normalized spacial score (nSPS) is 21.7. The molecule has 2 aliphatic rings. The lowest BCUT2D eigenvalue weighted by atomic mass is 10.1. The van der Waals surface area contributed by atoms with Crippen LogP contribution in [0.5, 0.6) is 0 Å². The zero-order valence-electron chi connectivity index (χ0n) is 16.0. The van der Waals surface area contributed by atoms with Gasteiger partial charge in [0.25, 0.3) is 5.91 Å². The molecule has 1 amide bonds. The van der Waals surface area contributed by atoms with Crippen molar-refractivity contribution in [1.29, 1.82) is 0 Å². The first-order valence-electron chi connectivity index (χ1n) is 9.94. The van der Waals surface area contributed by atoms with Crippen LogP contribution < -0.4 is 5.32 Å². The zero-order chi connectivity index (χ0) is 19.1. The average molecular weight is 376 g/mol. The lowest BCUT2D eigenvalue weighted by Gasteiger charge is -2.24. The third-order valence-electron chi connectivity index (χ3n) is 5.75. The van der Waals surface area contributed by atoms with Gasteiger partial charge in [0.1, 0.15) is 11.5 Å². The Morgan fingerprint density at radius 3 is 2.71 bits per heavy atom. The molecule has 2 unspecified atom stereocenters. The molecule has 6 nitrogen and oxygen atoms in total. The Kier molecular flexibility index (Phi) is 4.28. The van der Waals surface area contributed by atoms with E-state index in [1.165, 1.54) is 6.42 Å². The van der Waals surface area contributed by atoms with Crippen molar-refractivity contribution in [3.63, 3.8) is 0 Å². The molecule has 1 N–H and O–H groups in total. The van der Waals surface area contributed by atoms with E-state index in [4.69, 9.17) is 9.52 Å². The van der Waals surface area contributed by atoms with Crippen molar-refractivity contribution in [2.24, 2.45) is 0 Å². The summed E-state index contributed by atoms with van der Waals surface area (Å²) in [5.74, 6) is 1.46. The van der Waals surface area contributed by atoms with E-state index in [0.29, 0.717) is 29.1 Å². The van der Waals surface area contributed by atoms with Crippen LogP contribution in [0.3, 0.4) is 0 Å². The molecule has 1 aromatic carbocycles. The molecule has 2 aromatic heterocycles. The summed E-state index contributed by atoms with van der Waals surface area (Å²) in [6, 6.07) is 14.6. The summed E-state index contributed by atoms with van der Waals surface area (Å²) < 4.78 is 7.58. The number of aryl methyl sites for hydroxylation is 1. The quantitative estimate of drug-likeness (QED) is 0.761. The Morgan fingerprint density at radius 2 is 1.93 bits per heavy atom. The molecule has 28 heavy (non-hydrogen) atoms. The second kappa shape index (κ2) is 6.95. The first-order valence-corrected chi connectivity index (χ1v) is 9.94. The highest BCUT2D eigenvalue weighted by Crippen LogP contribution is 2.28. The van der Waals surface area contributed by atoms with E-state index in [-0.39, 0.29) is 5.91 Å². The average Bonchev–Trinajstić information content (AvgIpc) is 3.40. The summed E-state index contributed by atoms with van der Waals surface area (Å²) in [6.45, 7) is 3.43. The Bertz CT molecular complexity index is 991. The molecule has 2 aliphatic heterocycles. The van der Waals surface area contributed by atoms with Crippen molar-refractivity contribution >= 4 is 5.91 Å². The molecule has 4 heterocycles. The fourth-order valence-electron chi connectivity index (χ4n) is 4.29. The van der Waals surface area contributed by atoms with Crippen LogP contribution in [0.25, 0.3) is 17.1 Å². The number of carbonyl (C=O) groups is 1. The highest BCUT2D eigenvalue weighted by Gasteiger charge is 2.33. The number of amides is 1. The van der Waals surface area contributed by atoms with E-state index in [1.807, 2.05) is 60.5 Å². The van der Waals surface area contributed by atoms with Crippen LogP contribution in [0.1, 0.15) is 35.4 Å². The minimum Gasteiger partial charge on any atom is -0.460 e. The molecule has 2 atom stereocenters. The number of para-hydroxylation sites is 1. The SMILES string of the molecule is Cc1ccc(-c2nn(-c3ccccc3)cc2C(=O)N2CCC3CCC(C2)N3)o1. The number of benzene rings is 1. The predicted octanol–water partition coefficient (Wildman–Crippen LogP) is 3.41. The van der Waals surface area contributed by atoms with Crippen molar-refractivity contribution < 1.29 is 9.21 Å². The van der Waals surface area contributed by atoms with Crippen molar-refractivity contribution in [2.75, 3.05) is 13.1 Å². The molecule has 2 bridgehead atoms. The van der Waals surface area contributed by atoms with Crippen LogP contribution in [-0.4, -0.2) is 45.8 Å². The van der Waals surface area contributed by atoms with E-state index in [9.17, 15) is 4.79 Å². The van der Waals surface area contributed by atoms with Crippen LogP contribution in [-0.2, 0) is 0 Å². The Labute approximate surface area is 164 Å². The smallest absolute Gasteiger partial charge is 0.257 e. The van der Waals surface area contributed by atoms with Crippen molar-refractivity contribution in [3.05, 3.63) is 60.0 Å². The first kappa shape index (κ1) is 17.3. The van der Waals surface area contributed by atoms with E-state index in [1.54, 1.807) is 4.68 Å². The molecular weight excluding hydrogens is 352 g/mol. The number of carbonyl (C=O) groups excluding carboxylic acids is 1. The van der Waals surface area contributed by atoms with Gasteiger partial charge in [0, 0.05) is 31.4 Å². The Morgan fingerprint density at radius 1 is 1.11 bits per heavy atom. The summed E-state index contributed by atoms with van der Waals surface area (Å²) in [6.07, 6.45) is 5.20. The van der Waals surface area contributed by atoms with Gasteiger partial charge in [-0.2, -0.15) is 5.10 Å². The number of hydrogen-bond donors (Lipinski definition) is 1. The lowest BCUT2D eigenvalue weighted by Crippen LogP contribution is -2.39. The van der Waals surface area contributed by atoms with Gasteiger partial charge in [0.15, 0.2) is 5.76 Å². The Hall–Kier alpha value is -2.86. The molecule has 3 aromatic rings. The number of nitrogens with zero attached hydrogens (tertiary/aromatic N) is 3. The van der Waals surface area contributed by atoms with Gasteiger partial charge in [-0.3, -0.25) is 4.79 Å². The summed E-state index contributed by atoms with van der Waals surface area (Å²) in [7, 11) is 0. The van der Waals surface area contributed by atoms with Crippen LogP contribution in [0, 0.1) is 6.92 Å². The number of furan rings is 1. The molecule has 0 radical (unpaired) electrons. The summed E-state index contributed by atoms with van der Waals surface area (Å²) in [5.41, 5.74) is 2.11. The van der Waals surface area contributed by atoms with Gasteiger partial charge >= 0.3 is 0 Å². The minimum atomic E-state index is 0.0283. The number of aromatic nitrogens is 2. The fourth-order valence-corrected chi connectivity index (χ4v) is 4.29. The maximum absolute atomic E-state index is 13.5. The van der Waals surface area contributed by atoms with E-state index in [2.05, 4.69) is 5.32 Å². The molecule has 2 fully saturated rings. The zero-order valence-corrected chi connectivity index (χ0v) is 16.0. The minimum absolute atomic E-state index is 0.0283. The van der Waals surface area contributed by atoms with Crippen molar-refractivity contribution in [1.82, 2.24) is 20.0 Å². The molecule has 6 heteroatoms. The van der Waals surface area contributed by atoms with Crippen LogP contribution in [0.2, 0.25) is 0 Å². The number of likely N-dealkylation sites (tertiary alicyclic amines) is 1. The van der Waals surface area contributed by atoms with E-state index < -0.39 is 0 Å². The van der Waals surface area contributed by atoms with E-state index in [0.717, 1.165) is 37.4 Å². The van der Waals surface area contributed by atoms with Crippen LogP contribution >= 0.6 is 0 Å². The summed E-state index contributed by atoms with van der Waals surface area (Å²) >= 11 is 0. The van der Waals surface area contributed by atoms with Gasteiger partial charge in [-0.1, -0.05) is 18.2 Å². The highest BCUT2D eigenvalue weighted by molar-refractivity contribution is 5.99. The van der Waals surface area contributed by atoms with Crippen LogP contribution in [0.4, 0.5) is 0 Å². The number of rotatable bonds is 3. The molecule has 0 aliphatic carbocycles. The first-order chi connectivity index (χ1) is 13.7. The lowest BCUT2D eigenvalue weighted by molar-refractivity contribution is 0.0748. The number of hydrogen-bond acceptors (Lipinski definition) is 4. The second-order valence-corrected chi connectivity index (χ2v) is 7.76. The summed E-state index contributed by atoms with van der Waals surface area (Å²) in [5, 5.41) is 8.35. The van der Waals surface area contributed by atoms with Gasteiger partial charge < -0.3 is 14.6 Å². The molecule has 144 valence electrons. The van der Waals surface area contributed by atoms with Crippen molar-refractivity contribution in [3.8, 4) is 17.1 Å². The monoisotopic (exact) mass is 376 g/mol. The topological polar surface area (TPSA) is 63.3 Å². The highest BCUT2D eigenvalue weighted by atomic mass is 16.3. The molecule has 0 spiro atoms. The molecule has 5 rings (SSSR count). The van der Waals surface area contributed by atoms with Gasteiger partial charge in [-0.05, 0) is 50.5 Å². The van der Waals surface area contributed by atoms with Gasteiger partial charge in [-0.25, -0.2) is 4.68 Å². The molecule has 2 saturated heterocycles. The summed E-state index contributed by atoms with van der Waals surface area (Å²) in [4.78, 5) is 15.5. The Balaban J connectivity index is 1.53. The third kappa shape index (κ3) is 3.14. The van der Waals surface area contributed by atoms with Crippen molar-refractivity contribution in [2.45, 2.75) is 38.3 Å². The van der Waals surface area contributed by atoms with Gasteiger partial charge in [0.2, 0.25) is 0 Å². The third-order valence-corrected chi connectivity index (χ3v) is 5.75. The largest absolute Gasteiger partial charge is 0.460 e. The maximum atomic E-state index is 13.5. The van der Waals surface area contributed by atoms with Crippen LogP contribution in [0.15, 0.2) is 53.1 Å². The predicted molar refractivity (Wildman–Crippen MR) is 106 cm³/mol. The number of fused-ring (bicyclic) bond motifs is 2. The second-order valence-electron chi connectivity index (χ2n) is 7.76. The van der Waals surface area contributed by atoms with Gasteiger partial charge in [-0.15, -0.1) is 0 Å². The number of nitrogens with one attached hydrogen (secondary N) is 1. The fraction of sp³-hybridized carbons (Fsp3) is 0.364. The molecule has 0 saturated carbocycles. The van der Waals surface area contributed by atoms with E-state index >= 15 is 0 Å². The van der Waals surface area contributed by atoms with Gasteiger partial charge in [0.05, 0.1) is 11.3 Å². The standard InChI is InChI=1S/C22H24N4O2/c1-15-7-10-20(28-15)21-19(14-26(24-21)18-5-3-2-4-6-18)22(27)25-12-11-16-8-9-17(13-25)23-16/h2-7,10,14,16-17,23H,8-9,11-13H2,1H3. The maximum Gasteiger partial charge on any atom is 0.257 e. The molecular formula is C22H24N4O2.